The van der Waals surface area contributed by atoms with Gasteiger partial charge in [-0.1, -0.05) is 0 Å². The standard InChI is InChI=1S/C11H17N3O2/c1-8-10(6-12-13-8)11(16)14-4-2-9(7-14)3-5-15/h6,9,15H,2-5,7H2,1H3,(H,12,13). The molecule has 2 N–H and O–H groups in total. The van der Waals surface area contributed by atoms with Crippen molar-refractivity contribution in [3.8, 4) is 0 Å². The summed E-state index contributed by atoms with van der Waals surface area (Å²) < 4.78 is 0. The Labute approximate surface area is 94.5 Å². The first kappa shape index (κ1) is 11.1. The van der Waals surface area contributed by atoms with Crippen molar-refractivity contribution in [2.24, 2.45) is 5.92 Å². The highest BCUT2D eigenvalue weighted by Crippen LogP contribution is 2.21. The minimum atomic E-state index is 0.0479. The van der Waals surface area contributed by atoms with Crippen molar-refractivity contribution >= 4 is 5.91 Å². The molecule has 0 aromatic carbocycles. The third kappa shape index (κ3) is 2.09. The molecule has 0 aliphatic carbocycles. The molecular weight excluding hydrogens is 206 g/mol. The molecule has 88 valence electrons. The normalized spacial score (nSPS) is 20.4. The van der Waals surface area contributed by atoms with Crippen LogP contribution in [0.2, 0.25) is 0 Å². The molecule has 1 fully saturated rings. The Morgan fingerprint density at radius 1 is 1.75 bits per heavy atom. The number of aromatic amines is 1. The third-order valence-electron chi connectivity index (χ3n) is 3.17. The minimum Gasteiger partial charge on any atom is -0.396 e. The van der Waals surface area contributed by atoms with E-state index in [0.717, 1.165) is 31.6 Å². The molecule has 2 heterocycles. The van der Waals surface area contributed by atoms with Crippen molar-refractivity contribution in [1.82, 2.24) is 15.1 Å². The lowest BCUT2D eigenvalue weighted by molar-refractivity contribution is 0.0784. The molecule has 1 saturated heterocycles. The van der Waals surface area contributed by atoms with Crippen LogP contribution < -0.4 is 0 Å². The molecule has 1 atom stereocenters. The van der Waals surface area contributed by atoms with E-state index >= 15 is 0 Å². The number of aromatic nitrogens is 2. The van der Waals surface area contributed by atoms with Crippen molar-refractivity contribution in [2.45, 2.75) is 19.8 Å². The van der Waals surface area contributed by atoms with Crippen LogP contribution in [0.15, 0.2) is 6.20 Å². The van der Waals surface area contributed by atoms with E-state index < -0.39 is 0 Å². The average molecular weight is 223 g/mol. The summed E-state index contributed by atoms with van der Waals surface area (Å²) in [6.07, 6.45) is 3.36. The Morgan fingerprint density at radius 3 is 3.19 bits per heavy atom. The number of hydrogen-bond donors (Lipinski definition) is 2. The van der Waals surface area contributed by atoms with E-state index in [-0.39, 0.29) is 12.5 Å². The highest BCUT2D eigenvalue weighted by Gasteiger charge is 2.27. The van der Waals surface area contributed by atoms with Gasteiger partial charge in [-0.3, -0.25) is 9.89 Å². The Balaban J connectivity index is 2.00. The fourth-order valence-electron chi connectivity index (χ4n) is 2.17. The van der Waals surface area contributed by atoms with Gasteiger partial charge in [0.1, 0.15) is 0 Å². The van der Waals surface area contributed by atoms with Crippen LogP contribution in [0.1, 0.15) is 28.9 Å². The van der Waals surface area contributed by atoms with Crippen LogP contribution >= 0.6 is 0 Å². The van der Waals surface area contributed by atoms with E-state index in [1.807, 2.05) is 11.8 Å². The summed E-state index contributed by atoms with van der Waals surface area (Å²) in [5, 5.41) is 15.5. The third-order valence-corrected chi connectivity index (χ3v) is 3.17. The molecule has 1 amide bonds. The second kappa shape index (κ2) is 4.65. The first-order valence-electron chi connectivity index (χ1n) is 5.62. The van der Waals surface area contributed by atoms with Crippen LogP contribution in [0.5, 0.6) is 0 Å². The molecule has 1 aromatic heterocycles. The number of amides is 1. The van der Waals surface area contributed by atoms with Crippen LogP contribution in [0, 0.1) is 12.8 Å². The summed E-state index contributed by atoms with van der Waals surface area (Å²) in [5.41, 5.74) is 1.47. The van der Waals surface area contributed by atoms with Gasteiger partial charge in [-0.25, -0.2) is 0 Å². The summed E-state index contributed by atoms with van der Waals surface area (Å²) >= 11 is 0. The maximum atomic E-state index is 12.1. The number of nitrogens with one attached hydrogen (secondary N) is 1. The number of carbonyl (C=O) groups is 1. The quantitative estimate of drug-likeness (QED) is 0.786. The van der Waals surface area contributed by atoms with Crippen LogP contribution in [0.3, 0.4) is 0 Å². The van der Waals surface area contributed by atoms with E-state index in [4.69, 9.17) is 5.11 Å². The number of carbonyl (C=O) groups excluding carboxylic acids is 1. The SMILES string of the molecule is Cc1[nH]ncc1C(=O)N1CCC(CCO)C1. The monoisotopic (exact) mass is 223 g/mol. The topological polar surface area (TPSA) is 69.2 Å². The number of aliphatic hydroxyl groups excluding tert-OH is 1. The van der Waals surface area contributed by atoms with Crippen molar-refractivity contribution < 1.29 is 9.90 Å². The fourth-order valence-corrected chi connectivity index (χ4v) is 2.17. The molecule has 1 aliphatic heterocycles. The number of rotatable bonds is 3. The predicted molar refractivity (Wildman–Crippen MR) is 59.0 cm³/mol. The molecule has 2 rings (SSSR count). The molecular formula is C11H17N3O2. The van der Waals surface area contributed by atoms with Gasteiger partial charge in [0.05, 0.1) is 11.8 Å². The first-order chi connectivity index (χ1) is 7.72. The van der Waals surface area contributed by atoms with Gasteiger partial charge < -0.3 is 10.0 Å². The number of nitrogens with zero attached hydrogens (tertiary/aromatic N) is 2. The maximum absolute atomic E-state index is 12.1. The highest BCUT2D eigenvalue weighted by molar-refractivity contribution is 5.95. The number of H-pyrrole nitrogens is 1. The molecule has 5 heteroatoms. The summed E-state index contributed by atoms with van der Waals surface area (Å²) in [7, 11) is 0. The first-order valence-corrected chi connectivity index (χ1v) is 5.62. The maximum Gasteiger partial charge on any atom is 0.257 e. The number of aryl methyl sites for hydroxylation is 1. The lowest BCUT2D eigenvalue weighted by atomic mass is 10.1. The van der Waals surface area contributed by atoms with Gasteiger partial charge in [-0.15, -0.1) is 0 Å². The second-order valence-corrected chi connectivity index (χ2v) is 4.33. The van der Waals surface area contributed by atoms with Crippen LogP contribution in [0.4, 0.5) is 0 Å². The largest absolute Gasteiger partial charge is 0.396 e. The average Bonchev–Trinajstić information content (AvgIpc) is 2.87. The summed E-state index contributed by atoms with van der Waals surface area (Å²) in [6, 6.07) is 0. The lowest BCUT2D eigenvalue weighted by Gasteiger charge is -2.15. The van der Waals surface area contributed by atoms with Crippen molar-refractivity contribution in [2.75, 3.05) is 19.7 Å². The molecule has 0 radical (unpaired) electrons. The molecule has 16 heavy (non-hydrogen) atoms. The van der Waals surface area contributed by atoms with Crippen molar-refractivity contribution in [3.05, 3.63) is 17.5 Å². The van der Waals surface area contributed by atoms with E-state index in [1.54, 1.807) is 6.20 Å². The number of likely N-dealkylation sites (tertiary alicyclic amines) is 1. The Morgan fingerprint density at radius 2 is 2.56 bits per heavy atom. The van der Waals surface area contributed by atoms with Gasteiger partial charge in [-0.05, 0) is 25.7 Å². The second-order valence-electron chi connectivity index (χ2n) is 4.33. The van der Waals surface area contributed by atoms with E-state index in [0.29, 0.717) is 11.5 Å². The summed E-state index contributed by atoms with van der Waals surface area (Å²) in [5.74, 6) is 0.493. The van der Waals surface area contributed by atoms with E-state index in [1.165, 1.54) is 0 Å². The molecule has 1 aliphatic rings. The highest BCUT2D eigenvalue weighted by atomic mass is 16.3. The Bertz CT molecular complexity index is 375. The van der Waals surface area contributed by atoms with Gasteiger partial charge in [0.2, 0.25) is 0 Å². The van der Waals surface area contributed by atoms with Gasteiger partial charge in [0.15, 0.2) is 0 Å². The zero-order valence-electron chi connectivity index (χ0n) is 9.44. The van der Waals surface area contributed by atoms with Crippen molar-refractivity contribution in [3.63, 3.8) is 0 Å². The van der Waals surface area contributed by atoms with Crippen LogP contribution in [0.25, 0.3) is 0 Å². The lowest BCUT2D eigenvalue weighted by Crippen LogP contribution is -2.29. The van der Waals surface area contributed by atoms with Gasteiger partial charge in [0.25, 0.3) is 5.91 Å². The molecule has 0 spiro atoms. The van der Waals surface area contributed by atoms with E-state index in [2.05, 4.69) is 10.2 Å². The molecule has 1 aromatic rings. The molecule has 0 saturated carbocycles. The summed E-state index contributed by atoms with van der Waals surface area (Å²) in [4.78, 5) is 13.9. The predicted octanol–water partition coefficient (Wildman–Crippen LogP) is 0.563. The van der Waals surface area contributed by atoms with Crippen LogP contribution in [-0.2, 0) is 0 Å². The van der Waals surface area contributed by atoms with Gasteiger partial charge in [-0.2, -0.15) is 5.10 Å². The van der Waals surface area contributed by atoms with Gasteiger partial charge >= 0.3 is 0 Å². The Kier molecular flexibility index (Phi) is 3.24. The smallest absolute Gasteiger partial charge is 0.257 e. The molecule has 0 bridgehead atoms. The zero-order valence-corrected chi connectivity index (χ0v) is 9.44. The van der Waals surface area contributed by atoms with Crippen LogP contribution in [-0.4, -0.2) is 45.8 Å². The van der Waals surface area contributed by atoms with Gasteiger partial charge in [0, 0.05) is 25.4 Å². The number of aliphatic hydroxyl groups is 1. The molecule has 5 nitrogen and oxygen atoms in total. The van der Waals surface area contributed by atoms with Crippen molar-refractivity contribution in [1.29, 1.82) is 0 Å². The number of hydrogen-bond acceptors (Lipinski definition) is 3. The minimum absolute atomic E-state index is 0.0479. The zero-order chi connectivity index (χ0) is 11.5. The van der Waals surface area contributed by atoms with E-state index in [9.17, 15) is 4.79 Å². The summed E-state index contributed by atoms with van der Waals surface area (Å²) in [6.45, 7) is 3.59. The molecule has 1 unspecified atom stereocenters. The fraction of sp³-hybridized carbons (Fsp3) is 0.636. The Hall–Kier alpha value is -1.36.